The number of hydrogen-bond donors (Lipinski definition) is 1. The molecule has 0 heterocycles. The Morgan fingerprint density at radius 1 is 1.13 bits per heavy atom. The van der Waals surface area contributed by atoms with Crippen molar-refractivity contribution in [2.75, 3.05) is 17.2 Å². The molecule has 0 spiro atoms. The van der Waals surface area contributed by atoms with Gasteiger partial charge in [0.2, 0.25) is 15.9 Å². The third-order valence-corrected chi connectivity index (χ3v) is 5.63. The highest BCUT2D eigenvalue weighted by atomic mass is 32.2. The lowest BCUT2D eigenvalue weighted by molar-refractivity contribution is -0.137. The second-order valence-electron chi connectivity index (χ2n) is 6.83. The molecule has 31 heavy (non-hydrogen) atoms. The van der Waals surface area contributed by atoms with Crippen molar-refractivity contribution in [3.05, 3.63) is 59.7 Å². The summed E-state index contributed by atoms with van der Waals surface area (Å²) in [6.07, 6.45) is -3.34. The quantitative estimate of drug-likeness (QED) is 0.617. The summed E-state index contributed by atoms with van der Waals surface area (Å²) < 4.78 is 69.9. The second-order valence-corrected chi connectivity index (χ2v) is 8.69. The first kappa shape index (κ1) is 24.5. The summed E-state index contributed by atoms with van der Waals surface area (Å²) in [5.41, 5.74) is -0.282. The van der Waals surface area contributed by atoms with E-state index in [1.807, 2.05) is 6.92 Å². The highest BCUT2D eigenvalue weighted by Gasteiger charge is 2.32. The summed E-state index contributed by atoms with van der Waals surface area (Å²) in [5.74, 6) is -0.0547. The molecule has 1 N–H and O–H groups in total. The van der Waals surface area contributed by atoms with Crippen LogP contribution in [0.2, 0.25) is 0 Å². The van der Waals surface area contributed by atoms with Gasteiger partial charge in [0.1, 0.15) is 11.8 Å². The molecule has 170 valence electrons. The van der Waals surface area contributed by atoms with Crippen LogP contribution in [0.15, 0.2) is 48.5 Å². The topological polar surface area (TPSA) is 75.7 Å². The largest absolute Gasteiger partial charge is 0.494 e. The van der Waals surface area contributed by atoms with Gasteiger partial charge in [0.05, 0.1) is 24.1 Å². The summed E-state index contributed by atoms with van der Waals surface area (Å²) >= 11 is 0. The van der Waals surface area contributed by atoms with Crippen molar-refractivity contribution in [3.8, 4) is 5.75 Å². The highest BCUT2D eigenvalue weighted by molar-refractivity contribution is 7.92. The minimum absolute atomic E-state index is 0.161. The van der Waals surface area contributed by atoms with Crippen LogP contribution in [0.5, 0.6) is 5.75 Å². The van der Waals surface area contributed by atoms with Crippen LogP contribution < -0.4 is 14.4 Å². The summed E-state index contributed by atoms with van der Waals surface area (Å²) in [7, 11) is -3.83. The first-order chi connectivity index (χ1) is 14.5. The van der Waals surface area contributed by atoms with E-state index in [2.05, 4.69) is 5.32 Å². The van der Waals surface area contributed by atoms with E-state index in [0.717, 1.165) is 22.7 Å². The third-order valence-electron chi connectivity index (χ3n) is 4.45. The molecule has 1 amide bonds. The Bertz CT molecular complexity index is 992. The lowest BCUT2D eigenvalue weighted by atomic mass is 10.1. The molecular weight excluding hydrogens is 433 g/mol. The monoisotopic (exact) mass is 458 g/mol. The van der Waals surface area contributed by atoms with Crippen molar-refractivity contribution in [2.24, 2.45) is 0 Å². The number of ether oxygens (including phenoxy) is 1. The summed E-state index contributed by atoms with van der Waals surface area (Å²) in [6.45, 7) is 3.75. The van der Waals surface area contributed by atoms with E-state index >= 15 is 0 Å². The van der Waals surface area contributed by atoms with Crippen LogP contribution in [0, 0.1) is 0 Å². The third kappa shape index (κ3) is 6.61. The van der Waals surface area contributed by atoms with Gasteiger partial charge in [-0.15, -0.1) is 0 Å². The van der Waals surface area contributed by atoms with Gasteiger partial charge in [-0.3, -0.25) is 9.10 Å². The Morgan fingerprint density at radius 2 is 1.77 bits per heavy atom. The minimum Gasteiger partial charge on any atom is -0.494 e. The van der Waals surface area contributed by atoms with Gasteiger partial charge in [-0.1, -0.05) is 19.1 Å². The Labute approximate surface area is 180 Å². The Hall–Kier alpha value is -2.75. The van der Waals surface area contributed by atoms with E-state index in [4.69, 9.17) is 4.74 Å². The summed E-state index contributed by atoms with van der Waals surface area (Å²) in [4.78, 5) is 12.8. The van der Waals surface area contributed by atoms with E-state index in [9.17, 15) is 26.4 Å². The lowest BCUT2D eigenvalue weighted by Crippen LogP contribution is -2.49. The standard InChI is InChI=1S/C21H25F3N2O4S/c1-4-19(20(27)25-14-15-7-6-8-16(13-15)21(22,23)24)26(31(3,28)29)17-9-11-18(12-10-17)30-5-2/h6-13,19H,4-5,14H2,1-3H3,(H,25,27)/t19-/m0/s1. The van der Waals surface area contributed by atoms with Gasteiger partial charge >= 0.3 is 6.18 Å². The first-order valence-electron chi connectivity index (χ1n) is 9.63. The van der Waals surface area contributed by atoms with Crippen molar-refractivity contribution < 1.29 is 31.1 Å². The van der Waals surface area contributed by atoms with Crippen molar-refractivity contribution >= 4 is 21.6 Å². The zero-order valence-corrected chi connectivity index (χ0v) is 18.3. The van der Waals surface area contributed by atoms with Crippen LogP contribution in [0.4, 0.5) is 18.9 Å². The number of amides is 1. The molecule has 2 aromatic rings. The number of rotatable bonds is 9. The highest BCUT2D eigenvalue weighted by Crippen LogP contribution is 2.29. The number of alkyl halides is 3. The molecule has 0 radical (unpaired) electrons. The molecule has 0 bridgehead atoms. The summed E-state index contributed by atoms with van der Waals surface area (Å²) in [6, 6.07) is 9.80. The van der Waals surface area contributed by atoms with Gasteiger partial charge in [0.25, 0.3) is 0 Å². The smallest absolute Gasteiger partial charge is 0.416 e. The van der Waals surface area contributed by atoms with Crippen LogP contribution in [0.25, 0.3) is 0 Å². The van der Waals surface area contributed by atoms with E-state index < -0.39 is 33.7 Å². The van der Waals surface area contributed by atoms with Crippen LogP contribution in [-0.4, -0.2) is 33.2 Å². The minimum atomic E-state index is -4.49. The molecule has 0 fully saturated rings. The lowest BCUT2D eigenvalue weighted by Gasteiger charge is -2.30. The van der Waals surface area contributed by atoms with Gasteiger partial charge in [-0.25, -0.2) is 8.42 Å². The molecule has 2 aromatic carbocycles. The number of carbonyl (C=O) groups is 1. The molecule has 0 aliphatic rings. The normalized spacial score (nSPS) is 12.8. The molecule has 0 unspecified atom stereocenters. The van der Waals surface area contributed by atoms with Crippen LogP contribution in [-0.2, 0) is 27.5 Å². The number of halogens is 3. The Morgan fingerprint density at radius 3 is 2.29 bits per heavy atom. The predicted molar refractivity (Wildman–Crippen MR) is 112 cm³/mol. The van der Waals surface area contributed by atoms with E-state index in [-0.39, 0.29) is 24.2 Å². The molecule has 6 nitrogen and oxygen atoms in total. The number of sulfonamides is 1. The number of hydrogen-bond acceptors (Lipinski definition) is 4. The zero-order valence-electron chi connectivity index (χ0n) is 17.4. The van der Waals surface area contributed by atoms with Crippen LogP contribution >= 0.6 is 0 Å². The molecule has 0 aliphatic heterocycles. The van der Waals surface area contributed by atoms with Crippen molar-refractivity contribution in [1.29, 1.82) is 0 Å². The Balaban J connectivity index is 2.23. The van der Waals surface area contributed by atoms with E-state index in [0.29, 0.717) is 12.4 Å². The molecular formula is C21H25F3N2O4S. The number of nitrogens with zero attached hydrogens (tertiary/aromatic N) is 1. The van der Waals surface area contributed by atoms with Crippen LogP contribution in [0.3, 0.4) is 0 Å². The average molecular weight is 459 g/mol. The SMILES string of the molecule is CCOc1ccc(N([C@@H](CC)C(=O)NCc2cccc(C(F)(F)F)c2)S(C)(=O)=O)cc1. The average Bonchev–Trinajstić information content (AvgIpc) is 2.70. The van der Waals surface area contributed by atoms with Gasteiger partial charge in [-0.05, 0) is 55.3 Å². The second kappa shape index (κ2) is 10.0. The fraction of sp³-hybridized carbons (Fsp3) is 0.381. The molecule has 2 rings (SSSR count). The van der Waals surface area contributed by atoms with Gasteiger partial charge in [-0.2, -0.15) is 13.2 Å². The molecule has 0 saturated heterocycles. The predicted octanol–water partition coefficient (Wildman–Crippen LogP) is 3.97. The molecule has 0 saturated carbocycles. The van der Waals surface area contributed by atoms with Crippen molar-refractivity contribution in [2.45, 2.75) is 39.0 Å². The fourth-order valence-electron chi connectivity index (χ4n) is 3.08. The van der Waals surface area contributed by atoms with Gasteiger partial charge in [0.15, 0.2) is 0 Å². The number of benzene rings is 2. The molecule has 1 atom stereocenters. The van der Waals surface area contributed by atoms with E-state index in [1.165, 1.54) is 24.3 Å². The maximum absolute atomic E-state index is 12.9. The fourth-order valence-corrected chi connectivity index (χ4v) is 4.29. The summed E-state index contributed by atoms with van der Waals surface area (Å²) in [5, 5.41) is 2.55. The number of nitrogens with one attached hydrogen (secondary N) is 1. The molecule has 10 heteroatoms. The van der Waals surface area contributed by atoms with Crippen molar-refractivity contribution in [1.82, 2.24) is 5.32 Å². The zero-order chi connectivity index (χ0) is 23.2. The van der Waals surface area contributed by atoms with Gasteiger partial charge in [0, 0.05) is 6.54 Å². The number of carbonyl (C=O) groups excluding carboxylic acids is 1. The Kier molecular flexibility index (Phi) is 7.94. The van der Waals surface area contributed by atoms with Gasteiger partial charge < -0.3 is 10.1 Å². The molecule has 0 aromatic heterocycles. The molecule has 0 aliphatic carbocycles. The maximum Gasteiger partial charge on any atom is 0.416 e. The number of anilines is 1. The maximum atomic E-state index is 12.9. The van der Waals surface area contributed by atoms with E-state index in [1.54, 1.807) is 19.1 Å². The van der Waals surface area contributed by atoms with Crippen LogP contribution in [0.1, 0.15) is 31.4 Å². The van der Waals surface area contributed by atoms with Crippen molar-refractivity contribution in [3.63, 3.8) is 0 Å². The first-order valence-corrected chi connectivity index (χ1v) is 11.5.